The Labute approximate surface area is 118 Å². The first-order valence-corrected chi connectivity index (χ1v) is 7.97. The van der Waals surface area contributed by atoms with Crippen molar-refractivity contribution in [3.05, 3.63) is 23.8 Å². The minimum atomic E-state index is -3.57. The van der Waals surface area contributed by atoms with Gasteiger partial charge >= 0.3 is 0 Å². The molecule has 2 N–H and O–H groups in total. The summed E-state index contributed by atoms with van der Waals surface area (Å²) in [4.78, 5) is 13.6. The van der Waals surface area contributed by atoms with Crippen LogP contribution in [0.5, 0.6) is 5.75 Å². The van der Waals surface area contributed by atoms with Crippen LogP contribution in [0.3, 0.4) is 0 Å². The van der Waals surface area contributed by atoms with E-state index in [4.69, 9.17) is 9.88 Å². The molecule has 20 heavy (non-hydrogen) atoms. The fraction of sp³-hybridized carbons (Fsp3) is 0.462. The molecular formula is C13H18N2O4S. The van der Waals surface area contributed by atoms with Gasteiger partial charge in [0.2, 0.25) is 15.9 Å². The van der Waals surface area contributed by atoms with E-state index in [-0.39, 0.29) is 24.0 Å². The summed E-state index contributed by atoms with van der Waals surface area (Å²) in [6.45, 7) is 2.27. The van der Waals surface area contributed by atoms with E-state index in [2.05, 4.69) is 0 Å². The van der Waals surface area contributed by atoms with Crippen LogP contribution in [-0.2, 0) is 14.8 Å². The summed E-state index contributed by atoms with van der Waals surface area (Å²) >= 11 is 0. The van der Waals surface area contributed by atoms with Crippen LogP contribution < -0.4 is 14.8 Å². The Morgan fingerprint density at radius 3 is 2.75 bits per heavy atom. The van der Waals surface area contributed by atoms with Gasteiger partial charge in [-0.15, -0.1) is 0 Å². The Morgan fingerprint density at radius 2 is 2.15 bits per heavy atom. The third-order valence-electron chi connectivity index (χ3n) is 3.30. The SMILES string of the molecule is COc1cc(C)ccc1N1CC(CS(N)(=O)=O)CC1=O. The summed E-state index contributed by atoms with van der Waals surface area (Å²) in [5.41, 5.74) is 1.69. The molecule has 1 aromatic rings. The molecule has 1 atom stereocenters. The average molecular weight is 298 g/mol. The Balaban J connectivity index is 2.24. The van der Waals surface area contributed by atoms with Crippen molar-refractivity contribution >= 4 is 21.6 Å². The van der Waals surface area contributed by atoms with Crippen molar-refractivity contribution in [2.45, 2.75) is 13.3 Å². The smallest absolute Gasteiger partial charge is 0.227 e. The van der Waals surface area contributed by atoms with E-state index < -0.39 is 10.0 Å². The maximum absolute atomic E-state index is 12.1. The van der Waals surface area contributed by atoms with Crippen molar-refractivity contribution in [3.8, 4) is 5.75 Å². The van der Waals surface area contributed by atoms with Crippen molar-refractivity contribution in [2.75, 3.05) is 24.3 Å². The normalized spacial score (nSPS) is 19.4. The number of ether oxygens (including phenoxy) is 1. The van der Waals surface area contributed by atoms with E-state index >= 15 is 0 Å². The van der Waals surface area contributed by atoms with Gasteiger partial charge in [-0.25, -0.2) is 13.6 Å². The van der Waals surface area contributed by atoms with Crippen molar-refractivity contribution in [3.63, 3.8) is 0 Å². The summed E-state index contributed by atoms with van der Waals surface area (Å²) < 4.78 is 27.5. The van der Waals surface area contributed by atoms with E-state index in [1.54, 1.807) is 12.0 Å². The lowest BCUT2D eigenvalue weighted by atomic mass is 10.1. The van der Waals surface area contributed by atoms with Gasteiger partial charge < -0.3 is 9.64 Å². The molecule has 0 spiro atoms. The molecule has 0 aliphatic carbocycles. The molecule has 6 nitrogen and oxygen atoms in total. The molecule has 1 heterocycles. The van der Waals surface area contributed by atoms with Crippen LogP contribution in [0.2, 0.25) is 0 Å². The molecule has 110 valence electrons. The number of carbonyl (C=O) groups excluding carboxylic acids is 1. The molecule has 0 aromatic heterocycles. The quantitative estimate of drug-likeness (QED) is 0.883. The predicted molar refractivity (Wildman–Crippen MR) is 76.2 cm³/mol. The number of methoxy groups -OCH3 is 1. The molecule has 1 amide bonds. The highest BCUT2D eigenvalue weighted by atomic mass is 32.2. The van der Waals surface area contributed by atoms with Crippen molar-refractivity contribution < 1.29 is 17.9 Å². The zero-order valence-corrected chi connectivity index (χ0v) is 12.3. The van der Waals surface area contributed by atoms with Crippen LogP contribution in [0.15, 0.2) is 18.2 Å². The largest absolute Gasteiger partial charge is 0.495 e. The zero-order valence-electron chi connectivity index (χ0n) is 11.5. The summed E-state index contributed by atoms with van der Waals surface area (Å²) in [6, 6.07) is 5.54. The Morgan fingerprint density at radius 1 is 1.45 bits per heavy atom. The number of rotatable bonds is 4. The predicted octanol–water partition coefficient (Wildman–Crippen LogP) is 0.645. The minimum Gasteiger partial charge on any atom is -0.495 e. The fourth-order valence-electron chi connectivity index (χ4n) is 2.46. The van der Waals surface area contributed by atoms with Gasteiger partial charge in [-0.1, -0.05) is 6.07 Å². The van der Waals surface area contributed by atoms with Crippen LogP contribution in [0, 0.1) is 12.8 Å². The number of benzene rings is 1. The Kier molecular flexibility index (Phi) is 4.01. The third-order valence-corrected chi connectivity index (χ3v) is 4.24. The van der Waals surface area contributed by atoms with Gasteiger partial charge in [0.15, 0.2) is 0 Å². The molecule has 0 saturated carbocycles. The number of nitrogens with two attached hydrogens (primary N) is 1. The number of primary sulfonamides is 1. The van der Waals surface area contributed by atoms with E-state index in [1.807, 2.05) is 25.1 Å². The topological polar surface area (TPSA) is 89.7 Å². The molecule has 0 radical (unpaired) electrons. The molecular weight excluding hydrogens is 280 g/mol. The summed E-state index contributed by atoms with van der Waals surface area (Å²) in [5.74, 6) is 0.0441. The number of sulfonamides is 1. The maximum atomic E-state index is 12.1. The van der Waals surface area contributed by atoms with Crippen molar-refractivity contribution in [1.82, 2.24) is 0 Å². The molecule has 1 saturated heterocycles. The molecule has 0 bridgehead atoms. The number of amides is 1. The van der Waals surface area contributed by atoms with E-state index in [0.717, 1.165) is 5.56 Å². The molecule has 7 heteroatoms. The number of hydrogen-bond donors (Lipinski definition) is 1. The molecule has 1 fully saturated rings. The molecule has 1 aliphatic heterocycles. The van der Waals surface area contributed by atoms with E-state index in [0.29, 0.717) is 18.0 Å². The van der Waals surface area contributed by atoms with E-state index in [9.17, 15) is 13.2 Å². The number of aryl methyl sites for hydroxylation is 1. The first-order chi connectivity index (χ1) is 9.30. The van der Waals surface area contributed by atoms with Gasteiger partial charge in [0.05, 0.1) is 18.6 Å². The molecule has 1 unspecified atom stereocenters. The monoisotopic (exact) mass is 298 g/mol. The number of carbonyl (C=O) groups is 1. The van der Waals surface area contributed by atoms with Crippen LogP contribution in [-0.4, -0.2) is 33.7 Å². The third kappa shape index (κ3) is 3.29. The van der Waals surface area contributed by atoms with Crippen LogP contribution in [0.4, 0.5) is 5.69 Å². The van der Waals surface area contributed by atoms with Gasteiger partial charge in [-0.3, -0.25) is 4.79 Å². The second-order valence-electron chi connectivity index (χ2n) is 5.08. The van der Waals surface area contributed by atoms with Crippen LogP contribution >= 0.6 is 0 Å². The van der Waals surface area contributed by atoms with E-state index in [1.165, 1.54) is 0 Å². The van der Waals surface area contributed by atoms with Gasteiger partial charge in [-0.2, -0.15) is 0 Å². The standard InChI is InChI=1S/C13H18N2O4S/c1-9-3-4-11(12(5-9)19-2)15-7-10(6-13(15)16)8-20(14,17)18/h3-5,10H,6-8H2,1-2H3,(H2,14,17,18). The lowest BCUT2D eigenvalue weighted by Crippen LogP contribution is -2.27. The summed E-state index contributed by atoms with van der Waals surface area (Å²) in [5, 5.41) is 5.04. The molecule has 1 aliphatic rings. The first kappa shape index (κ1) is 14.8. The number of anilines is 1. The maximum Gasteiger partial charge on any atom is 0.227 e. The zero-order chi connectivity index (χ0) is 14.9. The first-order valence-electron chi connectivity index (χ1n) is 6.25. The average Bonchev–Trinajstić information content (AvgIpc) is 2.67. The second kappa shape index (κ2) is 5.41. The summed E-state index contributed by atoms with van der Waals surface area (Å²) in [6.07, 6.45) is 0.188. The van der Waals surface area contributed by atoms with Gasteiger partial charge in [0.25, 0.3) is 0 Å². The molecule has 1 aromatic carbocycles. The highest BCUT2D eigenvalue weighted by Crippen LogP contribution is 2.33. The highest BCUT2D eigenvalue weighted by molar-refractivity contribution is 7.89. The lowest BCUT2D eigenvalue weighted by Gasteiger charge is -2.20. The van der Waals surface area contributed by atoms with Gasteiger partial charge in [0, 0.05) is 18.9 Å². The lowest BCUT2D eigenvalue weighted by molar-refractivity contribution is -0.117. The fourth-order valence-corrected chi connectivity index (χ4v) is 3.34. The highest BCUT2D eigenvalue weighted by Gasteiger charge is 2.34. The number of nitrogens with zero attached hydrogens (tertiary/aromatic N) is 1. The number of hydrogen-bond acceptors (Lipinski definition) is 4. The Hall–Kier alpha value is -1.60. The minimum absolute atomic E-state index is 0.110. The van der Waals surface area contributed by atoms with Gasteiger partial charge in [0.1, 0.15) is 5.75 Å². The van der Waals surface area contributed by atoms with Crippen LogP contribution in [0.25, 0.3) is 0 Å². The second-order valence-corrected chi connectivity index (χ2v) is 6.74. The Bertz CT molecular complexity index is 627. The summed E-state index contributed by atoms with van der Waals surface area (Å²) in [7, 11) is -2.03. The van der Waals surface area contributed by atoms with Crippen LogP contribution in [0.1, 0.15) is 12.0 Å². The van der Waals surface area contributed by atoms with Gasteiger partial charge in [-0.05, 0) is 24.6 Å². The van der Waals surface area contributed by atoms with Crippen molar-refractivity contribution in [1.29, 1.82) is 0 Å². The molecule has 2 rings (SSSR count). The van der Waals surface area contributed by atoms with Crippen molar-refractivity contribution in [2.24, 2.45) is 11.1 Å².